The molecule has 0 aromatic heterocycles. The van der Waals surface area contributed by atoms with Gasteiger partial charge in [0, 0.05) is 16.7 Å². The minimum atomic E-state index is -1.37. The number of hydrogen-bond acceptors (Lipinski definition) is 5. The summed E-state index contributed by atoms with van der Waals surface area (Å²) in [5.74, 6) is -0.147. The molecule has 1 spiro atoms. The van der Waals surface area contributed by atoms with Gasteiger partial charge in [-0.3, -0.25) is 0 Å². The van der Waals surface area contributed by atoms with E-state index in [1.807, 2.05) is 20.8 Å². The van der Waals surface area contributed by atoms with E-state index in [1.165, 1.54) is 0 Å². The molecule has 10 atom stereocenters. The molecule has 0 radical (unpaired) electrons. The van der Waals surface area contributed by atoms with Crippen LogP contribution < -0.4 is 0 Å². The number of fused-ring (bicyclic) bond motifs is 2. The molecule has 2 bridgehead atoms. The maximum atomic E-state index is 11.7. The van der Waals surface area contributed by atoms with Gasteiger partial charge in [-0.25, -0.2) is 0 Å². The summed E-state index contributed by atoms with van der Waals surface area (Å²) in [6.07, 6.45) is 0.606. The molecule has 4 fully saturated rings. The largest absolute Gasteiger partial charge is 0.392 e. The average Bonchev–Trinajstić information content (AvgIpc) is 2.71. The van der Waals surface area contributed by atoms with Gasteiger partial charge >= 0.3 is 0 Å². The third-order valence-corrected chi connectivity index (χ3v) is 9.24. The van der Waals surface area contributed by atoms with Crippen molar-refractivity contribution in [2.75, 3.05) is 0 Å². The van der Waals surface area contributed by atoms with Crippen molar-refractivity contribution < 1.29 is 25.5 Å². The van der Waals surface area contributed by atoms with Crippen molar-refractivity contribution in [3.8, 4) is 0 Å². The van der Waals surface area contributed by atoms with E-state index in [9.17, 15) is 25.5 Å². The van der Waals surface area contributed by atoms with Crippen LogP contribution in [0.1, 0.15) is 59.8 Å². The molecule has 4 rings (SSSR count). The molecule has 4 aliphatic carbocycles. The third kappa shape index (κ3) is 1.92. The highest BCUT2D eigenvalue weighted by Crippen LogP contribution is 2.68. The van der Waals surface area contributed by atoms with Gasteiger partial charge in [0.1, 0.15) is 5.60 Å². The van der Waals surface area contributed by atoms with Gasteiger partial charge < -0.3 is 25.5 Å². The molecular formula is C20H34O5. The highest BCUT2D eigenvalue weighted by molar-refractivity contribution is 5.22. The Balaban J connectivity index is 1.83. The second-order valence-corrected chi connectivity index (χ2v) is 10.5. The zero-order chi connectivity index (χ0) is 18.6. The Morgan fingerprint density at radius 3 is 2.08 bits per heavy atom. The van der Waals surface area contributed by atoms with Crippen LogP contribution in [0.3, 0.4) is 0 Å². The topological polar surface area (TPSA) is 101 Å². The predicted octanol–water partition coefficient (Wildman–Crippen LogP) is 1.05. The smallest absolute Gasteiger partial charge is 0.101 e. The third-order valence-electron chi connectivity index (χ3n) is 9.24. The van der Waals surface area contributed by atoms with Crippen molar-refractivity contribution in [3.05, 3.63) is 0 Å². The summed E-state index contributed by atoms with van der Waals surface area (Å²) in [7, 11) is 0. The van der Waals surface area contributed by atoms with Gasteiger partial charge in [0.25, 0.3) is 0 Å². The minimum Gasteiger partial charge on any atom is -0.392 e. The van der Waals surface area contributed by atoms with Crippen molar-refractivity contribution in [1.29, 1.82) is 0 Å². The number of aliphatic hydroxyl groups is 5. The summed E-state index contributed by atoms with van der Waals surface area (Å²) in [6.45, 7) is 7.59. The molecular weight excluding hydrogens is 320 g/mol. The van der Waals surface area contributed by atoms with Crippen molar-refractivity contribution in [3.63, 3.8) is 0 Å². The second-order valence-electron chi connectivity index (χ2n) is 10.5. The molecule has 25 heavy (non-hydrogen) atoms. The van der Waals surface area contributed by atoms with E-state index in [1.54, 1.807) is 0 Å². The maximum Gasteiger partial charge on any atom is 0.101 e. The quantitative estimate of drug-likeness (QED) is 0.448. The molecule has 0 saturated heterocycles. The van der Waals surface area contributed by atoms with Crippen LogP contribution in [0.25, 0.3) is 0 Å². The summed E-state index contributed by atoms with van der Waals surface area (Å²) in [4.78, 5) is 0. The van der Waals surface area contributed by atoms with E-state index in [0.717, 1.165) is 12.8 Å². The lowest BCUT2D eigenvalue weighted by atomic mass is 9.59. The molecule has 0 aliphatic heterocycles. The Morgan fingerprint density at radius 2 is 1.44 bits per heavy atom. The van der Waals surface area contributed by atoms with Crippen LogP contribution in [0, 0.1) is 34.5 Å². The van der Waals surface area contributed by atoms with E-state index < -0.39 is 40.3 Å². The zero-order valence-corrected chi connectivity index (χ0v) is 15.8. The first-order chi connectivity index (χ1) is 11.4. The lowest BCUT2D eigenvalue weighted by Gasteiger charge is -2.47. The van der Waals surface area contributed by atoms with Gasteiger partial charge in [0.2, 0.25) is 0 Å². The van der Waals surface area contributed by atoms with Crippen LogP contribution in [-0.4, -0.2) is 55.0 Å². The molecule has 5 N–H and O–H groups in total. The number of hydrogen-bond donors (Lipinski definition) is 5. The Morgan fingerprint density at radius 1 is 0.840 bits per heavy atom. The Kier molecular flexibility index (Phi) is 3.63. The molecule has 4 saturated carbocycles. The first-order valence-electron chi connectivity index (χ1n) is 9.88. The van der Waals surface area contributed by atoms with Crippen LogP contribution in [0.4, 0.5) is 0 Å². The molecule has 0 heterocycles. The summed E-state index contributed by atoms with van der Waals surface area (Å²) >= 11 is 0. The molecule has 0 aromatic rings. The average molecular weight is 354 g/mol. The van der Waals surface area contributed by atoms with E-state index in [2.05, 4.69) is 6.92 Å². The highest BCUT2D eigenvalue weighted by Gasteiger charge is 2.72. The minimum absolute atomic E-state index is 0.0723. The Bertz CT molecular complexity index is 574. The van der Waals surface area contributed by atoms with E-state index in [4.69, 9.17) is 0 Å². The predicted molar refractivity (Wildman–Crippen MR) is 92.5 cm³/mol. The second kappa shape index (κ2) is 4.99. The fraction of sp³-hybridized carbons (Fsp3) is 1.00. The summed E-state index contributed by atoms with van der Waals surface area (Å²) < 4.78 is 0. The van der Waals surface area contributed by atoms with E-state index in [0.29, 0.717) is 19.3 Å². The Hall–Kier alpha value is -0.200. The van der Waals surface area contributed by atoms with Crippen LogP contribution >= 0.6 is 0 Å². The maximum absolute atomic E-state index is 11.7. The van der Waals surface area contributed by atoms with E-state index in [-0.39, 0.29) is 23.7 Å². The highest BCUT2D eigenvalue weighted by atomic mass is 16.4. The first-order valence-corrected chi connectivity index (χ1v) is 9.88. The molecule has 0 aromatic carbocycles. The van der Waals surface area contributed by atoms with E-state index >= 15 is 0 Å². The van der Waals surface area contributed by atoms with Gasteiger partial charge in [-0.2, -0.15) is 0 Å². The van der Waals surface area contributed by atoms with Crippen molar-refractivity contribution in [2.45, 2.75) is 89.3 Å². The van der Waals surface area contributed by atoms with Crippen LogP contribution in [0.15, 0.2) is 0 Å². The SMILES string of the molecule is C[C@H]1[C@@H]2CC[C@H]3[C@H](O)[C@]2(C[C@H](O)[C@@]2(O)[C@H]1C[C@H](O)C2(C)C)C[C@@]3(C)O. The fourth-order valence-corrected chi connectivity index (χ4v) is 7.79. The van der Waals surface area contributed by atoms with Gasteiger partial charge in [-0.05, 0) is 56.8 Å². The molecule has 5 heteroatoms. The van der Waals surface area contributed by atoms with Crippen molar-refractivity contribution in [1.82, 2.24) is 0 Å². The van der Waals surface area contributed by atoms with Crippen LogP contribution in [0.2, 0.25) is 0 Å². The fourth-order valence-electron chi connectivity index (χ4n) is 7.79. The molecule has 144 valence electrons. The zero-order valence-electron chi connectivity index (χ0n) is 15.8. The lowest BCUT2D eigenvalue weighted by molar-refractivity contribution is -0.178. The number of rotatable bonds is 0. The molecule has 0 amide bonds. The lowest BCUT2D eigenvalue weighted by Crippen LogP contribution is -2.57. The first kappa shape index (κ1) is 18.2. The van der Waals surface area contributed by atoms with Crippen molar-refractivity contribution in [2.24, 2.45) is 34.5 Å². The monoisotopic (exact) mass is 354 g/mol. The molecule has 0 unspecified atom stereocenters. The molecule has 4 aliphatic rings. The van der Waals surface area contributed by atoms with Gasteiger partial charge in [-0.15, -0.1) is 0 Å². The summed E-state index contributed by atoms with van der Waals surface area (Å²) in [5.41, 5.74) is -3.65. The number of aliphatic hydroxyl groups excluding tert-OH is 3. The summed E-state index contributed by atoms with van der Waals surface area (Å²) in [6, 6.07) is 0. The standard InChI is InChI=1S/C20H34O5/c1-10-11-5-6-12-16(23)19(11,9-18(12,4)24)8-15(22)20(25)13(10)7-14(21)17(20,2)3/h10-16,21-25H,5-9H2,1-4H3/t10-,11-,12-,13-,14-,15-,16-,18+,19+,20-/m0/s1. The van der Waals surface area contributed by atoms with Crippen LogP contribution in [-0.2, 0) is 0 Å². The van der Waals surface area contributed by atoms with Crippen molar-refractivity contribution >= 4 is 0 Å². The van der Waals surface area contributed by atoms with Gasteiger partial charge in [0.15, 0.2) is 0 Å². The summed E-state index contributed by atoms with van der Waals surface area (Å²) in [5, 5.41) is 55.4. The normalized spacial score (nSPS) is 63.0. The van der Waals surface area contributed by atoms with Gasteiger partial charge in [-0.1, -0.05) is 20.8 Å². The van der Waals surface area contributed by atoms with Crippen LogP contribution in [0.5, 0.6) is 0 Å². The van der Waals surface area contributed by atoms with Gasteiger partial charge in [0.05, 0.1) is 23.9 Å². The Labute approximate surface area is 150 Å². The molecule has 5 nitrogen and oxygen atoms in total.